The first kappa shape index (κ1) is 26.8. The number of rotatable bonds is 10. The van der Waals surface area contributed by atoms with Crippen molar-refractivity contribution in [3.63, 3.8) is 0 Å². The molecule has 0 amide bonds. The fourth-order valence-corrected chi connectivity index (χ4v) is 5.33. The van der Waals surface area contributed by atoms with Gasteiger partial charge in [0, 0.05) is 50.5 Å². The number of hydrogen-bond acceptors (Lipinski definition) is 5. The lowest BCUT2D eigenvalue weighted by atomic mass is 10.1. The van der Waals surface area contributed by atoms with E-state index in [-0.39, 0.29) is 0 Å². The van der Waals surface area contributed by atoms with Gasteiger partial charge in [0.2, 0.25) is 11.8 Å². The van der Waals surface area contributed by atoms with Crippen LogP contribution in [0.1, 0.15) is 24.0 Å². The molecule has 7 heteroatoms. The lowest BCUT2D eigenvalue weighted by Crippen LogP contribution is -2.46. The zero-order chi connectivity index (χ0) is 27.0. The van der Waals surface area contributed by atoms with Crippen LogP contribution < -0.4 is 15.4 Å². The maximum atomic E-state index is 6.41. The van der Waals surface area contributed by atoms with Gasteiger partial charge < -0.3 is 19.8 Å². The molecule has 0 spiro atoms. The van der Waals surface area contributed by atoms with Gasteiger partial charge in [-0.25, -0.2) is 4.90 Å². The standard InChI is InChI=1S/C32H39N5O2/c1-34-32(33)37(31-28-14-7-6-13-27(28)24-39-31)29-22-25(15-16-30(29)38-2)10-8-9-17-35-18-20-36(21-19-35)23-26-11-4-3-5-12-26/h3-7,11-16,22,24H,8-10,17-21,23H2,1-2H3,(H2,33,34). The second kappa shape index (κ2) is 12.8. The summed E-state index contributed by atoms with van der Waals surface area (Å²) in [6.07, 6.45) is 5.03. The summed E-state index contributed by atoms with van der Waals surface area (Å²) in [5, 5.41) is 1.98. The second-order valence-corrected chi connectivity index (χ2v) is 10.1. The second-order valence-electron chi connectivity index (χ2n) is 10.1. The van der Waals surface area contributed by atoms with Gasteiger partial charge in [0.15, 0.2) is 0 Å². The van der Waals surface area contributed by atoms with Crippen LogP contribution in [-0.2, 0) is 13.0 Å². The van der Waals surface area contributed by atoms with Gasteiger partial charge in [-0.15, -0.1) is 0 Å². The van der Waals surface area contributed by atoms with Crippen molar-refractivity contribution in [2.24, 2.45) is 10.7 Å². The summed E-state index contributed by atoms with van der Waals surface area (Å²) in [4.78, 5) is 11.3. The molecule has 0 saturated carbocycles. The van der Waals surface area contributed by atoms with E-state index < -0.39 is 0 Å². The molecule has 1 fully saturated rings. The topological polar surface area (TPSA) is 70.5 Å². The molecule has 0 atom stereocenters. The highest BCUT2D eigenvalue weighted by molar-refractivity contribution is 6.08. The maximum absolute atomic E-state index is 6.41. The minimum absolute atomic E-state index is 0.344. The average molecular weight is 526 g/mol. The Morgan fingerprint density at radius 3 is 2.44 bits per heavy atom. The summed E-state index contributed by atoms with van der Waals surface area (Å²) < 4.78 is 11.7. The number of aliphatic imine (C=N–C) groups is 1. The predicted molar refractivity (Wildman–Crippen MR) is 160 cm³/mol. The van der Waals surface area contributed by atoms with Crippen LogP contribution in [0, 0.1) is 0 Å². The number of piperazine rings is 1. The van der Waals surface area contributed by atoms with Gasteiger partial charge in [-0.2, -0.15) is 0 Å². The molecule has 4 aromatic rings. The van der Waals surface area contributed by atoms with Crippen molar-refractivity contribution in [1.29, 1.82) is 0 Å². The van der Waals surface area contributed by atoms with Crippen LogP contribution in [0.15, 0.2) is 88.5 Å². The Labute approximate surface area is 231 Å². The van der Waals surface area contributed by atoms with E-state index in [1.165, 1.54) is 17.5 Å². The first-order chi connectivity index (χ1) is 19.2. The number of ether oxygens (including phenoxy) is 1. The van der Waals surface area contributed by atoms with Crippen LogP contribution in [0.4, 0.5) is 11.6 Å². The van der Waals surface area contributed by atoms with Crippen molar-refractivity contribution < 1.29 is 9.15 Å². The third kappa shape index (κ3) is 6.44. The van der Waals surface area contributed by atoms with Gasteiger partial charge in [0.1, 0.15) is 12.0 Å². The molecule has 3 aromatic carbocycles. The van der Waals surface area contributed by atoms with E-state index in [0.29, 0.717) is 11.8 Å². The Morgan fingerprint density at radius 1 is 0.923 bits per heavy atom. The molecule has 39 heavy (non-hydrogen) atoms. The van der Waals surface area contributed by atoms with Gasteiger partial charge in [-0.05, 0) is 55.1 Å². The van der Waals surface area contributed by atoms with Gasteiger partial charge in [-0.1, -0.05) is 54.6 Å². The van der Waals surface area contributed by atoms with Gasteiger partial charge in [-0.3, -0.25) is 9.89 Å². The summed E-state index contributed by atoms with van der Waals surface area (Å²) in [5.74, 6) is 1.70. The summed E-state index contributed by atoms with van der Waals surface area (Å²) in [5.41, 5.74) is 9.88. The summed E-state index contributed by atoms with van der Waals surface area (Å²) >= 11 is 0. The van der Waals surface area contributed by atoms with Crippen LogP contribution in [0.5, 0.6) is 5.75 Å². The molecule has 1 saturated heterocycles. The van der Waals surface area contributed by atoms with Crippen molar-refractivity contribution in [3.8, 4) is 5.75 Å². The highest BCUT2D eigenvalue weighted by Crippen LogP contribution is 2.39. The van der Waals surface area contributed by atoms with Gasteiger partial charge in [0.25, 0.3) is 0 Å². The molecular weight excluding hydrogens is 486 g/mol. The van der Waals surface area contributed by atoms with Crippen molar-refractivity contribution in [2.75, 3.05) is 51.8 Å². The molecule has 1 aromatic heterocycles. The van der Waals surface area contributed by atoms with Crippen molar-refractivity contribution in [2.45, 2.75) is 25.8 Å². The SMILES string of the molecule is CN=C(N)N(c1cc(CCCCN2CCN(Cc3ccccc3)CC2)ccc1OC)c1occ2ccccc12. The molecule has 0 unspecified atom stereocenters. The lowest BCUT2D eigenvalue weighted by Gasteiger charge is -2.34. The Balaban J connectivity index is 1.20. The van der Waals surface area contributed by atoms with E-state index in [0.717, 1.165) is 74.3 Å². The quantitative estimate of drug-likeness (QED) is 0.164. The summed E-state index contributed by atoms with van der Waals surface area (Å²) in [6, 6.07) is 25.1. The highest BCUT2D eigenvalue weighted by atomic mass is 16.5. The molecule has 5 rings (SSSR count). The fourth-order valence-electron chi connectivity index (χ4n) is 5.33. The van der Waals surface area contributed by atoms with Gasteiger partial charge >= 0.3 is 0 Å². The van der Waals surface area contributed by atoms with Crippen LogP contribution >= 0.6 is 0 Å². The Kier molecular flexibility index (Phi) is 8.81. The van der Waals surface area contributed by atoms with E-state index >= 15 is 0 Å². The number of hydrogen-bond donors (Lipinski definition) is 1. The molecule has 7 nitrogen and oxygen atoms in total. The van der Waals surface area contributed by atoms with Crippen molar-refractivity contribution in [3.05, 3.63) is 90.2 Å². The number of anilines is 2. The Bertz CT molecular complexity index is 1380. The number of nitrogens with two attached hydrogens (primary N) is 1. The predicted octanol–water partition coefficient (Wildman–Crippen LogP) is 5.66. The number of guanidine groups is 1. The fraction of sp³-hybridized carbons (Fsp3) is 0.344. The Morgan fingerprint density at radius 2 is 1.67 bits per heavy atom. The zero-order valence-electron chi connectivity index (χ0n) is 23.1. The van der Waals surface area contributed by atoms with Gasteiger partial charge in [0.05, 0.1) is 12.8 Å². The normalized spacial score (nSPS) is 15.1. The van der Waals surface area contributed by atoms with E-state index in [1.807, 2.05) is 35.2 Å². The maximum Gasteiger partial charge on any atom is 0.214 e. The molecular formula is C32H39N5O2. The number of furan rings is 1. The minimum Gasteiger partial charge on any atom is -0.495 e. The van der Waals surface area contributed by atoms with Crippen LogP contribution in [0.3, 0.4) is 0 Å². The van der Waals surface area contributed by atoms with E-state index in [4.69, 9.17) is 14.9 Å². The molecule has 1 aliphatic rings. The average Bonchev–Trinajstić information content (AvgIpc) is 3.40. The van der Waals surface area contributed by atoms with E-state index in [1.54, 1.807) is 20.4 Å². The lowest BCUT2D eigenvalue weighted by molar-refractivity contribution is 0.125. The first-order valence-electron chi connectivity index (χ1n) is 13.8. The molecule has 0 aliphatic carbocycles. The number of aryl methyl sites for hydroxylation is 1. The molecule has 1 aliphatic heterocycles. The monoisotopic (exact) mass is 525 g/mol. The molecule has 2 N–H and O–H groups in total. The van der Waals surface area contributed by atoms with Crippen LogP contribution in [0.2, 0.25) is 0 Å². The van der Waals surface area contributed by atoms with E-state index in [2.05, 4.69) is 57.3 Å². The van der Waals surface area contributed by atoms with E-state index in [9.17, 15) is 0 Å². The number of fused-ring (bicyclic) bond motifs is 1. The van der Waals surface area contributed by atoms with Crippen molar-refractivity contribution >= 4 is 28.3 Å². The number of nitrogens with zero attached hydrogens (tertiary/aromatic N) is 4. The largest absolute Gasteiger partial charge is 0.495 e. The van der Waals surface area contributed by atoms with Crippen LogP contribution in [-0.4, -0.2) is 62.6 Å². The molecule has 204 valence electrons. The number of unbranched alkanes of at least 4 members (excludes halogenated alkanes) is 1. The molecule has 0 bridgehead atoms. The minimum atomic E-state index is 0.344. The number of methoxy groups -OCH3 is 1. The smallest absolute Gasteiger partial charge is 0.214 e. The van der Waals surface area contributed by atoms with Crippen molar-refractivity contribution in [1.82, 2.24) is 9.80 Å². The third-order valence-electron chi connectivity index (χ3n) is 7.54. The van der Waals surface area contributed by atoms with Crippen LogP contribution in [0.25, 0.3) is 10.8 Å². The summed E-state index contributed by atoms with van der Waals surface area (Å²) in [6.45, 7) is 6.74. The summed E-state index contributed by atoms with van der Waals surface area (Å²) in [7, 11) is 3.36. The first-order valence-corrected chi connectivity index (χ1v) is 13.8. The molecule has 2 heterocycles. The molecule has 0 radical (unpaired) electrons. The Hall–Kier alpha value is -3.81. The zero-order valence-corrected chi connectivity index (χ0v) is 23.1. The third-order valence-corrected chi connectivity index (χ3v) is 7.54. The number of benzene rings is 3. The highest BCUT2D eigenvalue weighted by Gasteiger charge is 2.23.